The van der Waals surface area contributed by atoms with E-state index in [4.69, 9.17) is 11.6 Å². The zero-order valence-electron chi connectivity index (χ0n) is 11.9. The molecule has 1 aromatic heterocycles. The lowest BCUT2D eigenvalue weighted by molar-refractivity contribution is -0.148. The molecule has 0 bridgehead atoms. The Morgan fingerprint density at radius 1 is 1.52 bits per heavy atom. The molecule has 2 heterocycles. The number of halogens is 1. The average Bonchev–Trinajstić information content (AvgIpc) is 3.06. The number of thiophene rings is 1. The number of carboxylic acids is 1. The van der Waals surface area contributed by atoms with Gasteiger partial charge >= 0.3 is 12.0 Å². The van der Waals surface area contributed by atoms with Crippen molar-refractivity contribution in [3.63, 3.8) is 0 Å². The number of carboxylic acid groups (broad SMARTS) is 1. The van der Waals surface area contributed by atoms with Gasteiger partial charge in [-0.2, -0.15) is 0 Å². The van der Waals surface area contributed by atoms with Crippen LogP contribution < -0.4 is 5.32 Å². The van der Waals surface area contributed by atoms with Gasteiger partial charge in [-0.25, -0.2) is 4.79 Å². The molecule has 2 rings (SSSR count). The predicted molar refractivity (Wildman–Crippen MR) is 83.0 cm³/mol. The van der Waals surface area contributed by atoms with Crippen molar-refractivity contribution in [1.82, 2.24) is 10.2 Å². The Morgan fingerprint density at radius 3 is 2.81 bits per heavy atom. The maximum absolute atomic E-state index is 12.1. The van der Waals surface area contributed by atoms with Crippen LogP contribution in [0.5, 0.6) is 0 Å². The molecule has 0 spiro atoms. The van der Waals surface area contributed by atoms with E-state index in [-0.39, 0.29) is 12.6 Å². The van der Waals surface area contributed by atoms with Gasteiger partial charge in [-0.15, -0.1) is 11.3 Å². The van der Waals surface area contributed by atoms with Crippen molar-refractivity contribution in [3.8, 4) is 0 Å². The summed E-state index contributed by atoms with van der Waals surface area (Å²) in [5, 5.41) is 12.2. The van der Waals surface area contributed by atoms with Crippen molar-refractivity contribution in [2.45, 2.75) is 26.2 Å². The van der Waals surface area contributed by atoms with Gasteiger partial charge in [0.2, 0.25) is 0 Å². The number of carbonyl (C=O) groups is 2. The lowest BCUT2D eigenvalue weighted by Crippen LogP contribution is -2.42. The average molecular weight is 331 g/mol. The van der Waals surface area contributed by atoms with E-state index in [0.717, 1.165) is 15.6 Å². The minimum atomic E-state index is -0.812. The number of hydrogen-bond donors (Lipinski definition) is 2. The highest BCUT2D eigenvalue weighted by molar-refractivity contribution is 7.16. The first-order valence-electron chi connectivity index (χ1n) is 6.97. The molecule has 1 fully saturated rings. The lowest BCUT2D eigenvalue weighted by atomic mass is 9.84. The van der Waals surface area contributed by atoms with Gasteiger partial charge in [0, 0.05) is 24.5 Å². The maximum atomic E-state index is 12.1. The molecule has 1 aliphatic rings. The summed E-state index contributed by atoms with van der Waals surface area (Å²) in [6.07, 6.45) is 1.79. The maximum Gasteiger partial charge on any atom is 0.317 e. The summed E-state index contributed by atoms with van der Waals surface area (Å²) in [7, 11) is 0. The molecule has 5 nitrogen and oxygen atoms in total. The number of carbonyl (C=O) groups excluding carboxylic acids is 1. The molecule has 2 amide bonds. The van der Waals surface area contributed by atoms with Crippen LogP contribution >= 0.6 is 22.9 Å². The van der Waals surface area contributed by atoms with Gasteiger partial charge < -0.3 is 15.3 Å². The second kappa shape index (κ2) is 6.66. The van der Waals surface area contributed by atoms with Crippen molar-refractivity contribution in [2.75, 3.05) is 19.6 Å². The standard InChI is InChI=1S/C14H19ClN2O3S/c1-2-14(12(18)19)6-8-17(9-14)13(20)16-7-5-10-3-4-11(15)21-10/h3-4H,2,5-9H2,1H3,(H,16,20)(H,18,19). The Bertz CT molecular complexity index is 534. The van der Waals surface area contributed by atoms with E-state index in [1.54, 1.807) is 4.90 Å². The molecule has 116 valence electrons. The van der Waals surface area contributed by atoms with Crippen molar-refractivity contribution < 1.29 is 14.7 Å². The largest absolute Gasteiger partial charge is 0.481 e. The molecule has 0 aliphatic carbocycles. The fourth-order valence-electron chi connectivity index (χ4n) is 2.55. The van der Waals surface area contributed by atoms with Crippen LogP contribution in [0.3, 0.4) is 0 Å². The number of amides is 2. The van der Waals surface area contributed by atoms with Crippen molar-refractivity contribution in [3.05, 3.63) is 21.3 Å². The van der Waals surface area contributed by atoms with Crippen LogP contribution in [0.1, 0.15) is 24.6 Å². The van der Waals surface area contributed by atoms with Gasteiger partial charge in [0.1, 0.15) is 0 Å². The third kappa shape index (κ3) is 3.68. The number of aliphatic carboxylic acids is 1. The zero-order valence-corrected chi connectivity index (χ0v) is 13.5. The Kier molecular flexibility index (Phi) is 5.11. The van der Waals surface area contributed by atoms with Crippen LogP contribution in [-0.4, -0.2) is 41.6 Å². The highest BCUT2D eigenvalue weighted by atomic mass is 35.5. The van der Waals surface area contributed by atoms with Crippen LogP contribution in [0.2, 0.25) is 4.34 Å². The number of nitrogens with one attached hydrogen (secondary N) is 1. The number of nitrogens with zero attached hydrogens (tertiary/aromatic N) is 1. The van der Waals surface area contributed by atoms with Crippen molar-refractivity contribution >= 4 is 34.9 Å². The fraction of sp³-hybridized carbons (Fsp3) is 0.571. The molecule has 1 aliphatic heterocycles. The monoisotopic (exact) mass is 330 g/mol. The lowest BCUT2D eigenvalue weighted by Gasteiger charge is -2.23. The normalized spacial score (nSPS) is 21.5. The van der Waals surface area contributed by atoms with E-state index in [0.29, 0.717) is 25.9 Å². The molecular weight excluding hydrogens is 312 g/mol. The van der Waals surface area contributed by atoms with Gasteiger partial charge in [-0.3, -0.25) is 4.79 Å². The van der Waals surface area contributed by atoms with Crippen LogP contribution in [0, 0.1) is 5.41 Å². The van der Waals surface area contributed by atoms with E-state index in [1.807, 2.05) is 19.1 Å². The summed E-state index contributed by atoms with van der Waals surface area (Å²) >= 11 is 7.35. The molecule has 1 atom stereocenters. The Hall–Kier alpha value is -1.27. The number of likely N-dealkylation sites (tertiary alicyclic amines) is 1. The van der Waals surface area contributed by atoms with Gasteiger partial charge in [0.25, 0.3) is 0 Å². The molecule has 2 N–H and O–H groups in total. The third-order valence-corrected chi connectivity index (χ3v) is 5.34. The van der Waals surface area contributed by atoms with Crippen LogP contribution in [0.4, 0.5) is 4.79 Å². The van der Waals surface area contributed by atoms with Gasteiger partial charge in [-0.1, -0.05) is 18.5 Å². The summed E-state index contributed by atoms with van der Waals surface area (Å²) in [5.74, 6) is -0.812. The SMILES string of the molecule is CCC1(C(=O)O)CCN(C(=O)NCCc2ccc(Cl)s2)C1. The summed E-state index contributed by atoms with van der Waals surface area (Å²) in [6, 6.07) is 3.60. The van der Waals surface area contributed by atoms with Gasteiger partial charge in [-0.05, 0) is 31.4 Å². The number of hydrogen-bond acceptors (Lipinski definition) is 3. The fourth-order valence-corrected chi connectivity index (χ4v) is 3.64. The highest BCUT2D eigenvalue weighted by Gasteiger charge is 2.44. The topological polar surface area (TPSA) is 69.6 Å². The second-order valence-corrected chi connectivity index (χ2v) is 7.10. The minimum absolute atomic E-state index is 0.186. The van der Waals surface area contributed by atoms with Crippen LogP contribution in [-0.2, 0) is 11.2 Å². The van der Waals surface area contributed by atoms with E-state index >= 15 is 0 Å². The zero-order chi connectivity index (χ0) is 15.5. The summed E-state index contributed by atoms with van der Waals surface area (Å²) in [4.78, 5) is 26.1. The molecule has 1 unspecified atom stereocenters. The van der Waals surface area contributed by atoms with Crippen LogP contribution in [0.15, 0.2) is 12.1 Å². The molecule has 1 aromatic rings. The van der Waals surface area contributed by atoms with Crippen molar-refractivity contribution in [2.24, 2.45) is 5.41 Å². The highest BCUT2D eigenvalue weighted by Crippen LogP contribution is 2.34. The predicted octanol–water partition coefficient (Wildman–Crippen LogP) is 2.84. The molecule has 1 saturated heterocycles. The first kappa shape index (κ1) is 16.1. The Balaban J connectivity index is 1.80. The molecule has 0 aromatic carbocycles. The third-order valence-electron chi connectivity index (χ3n) is 4.05. The van der Waals surface area contributed by atoms with E-state index < -0.39 is 11.4 Å². The number of urea groups is 1. The molecule has 0 radical (unpaired) electrons. The quantitative estimate of drug-likeness (QED) is 0.872. The summed E-state index contributed by atoms with van der Waals surface area (Å²) in [5.41, 5.74) is -0.779. The second-order valence-electron chi connectivity index (χ2n) is 5.30. The molecule has 7 heteroatoms. The van der Waals surface area contributed by atoms with Crippen molar-refractivity contribution in [1.29, 1.82) is 0 Å². The minimum Gasteiger partial charge on any atom is -0.481 e. The molecule has 21 heavy (non-hydrogen) atoms. The van der Waals surface area contributed by atoms with Crippen LogP contribution in [0.25, 0.3) is 0 Å². The van der Waals surface area contributed by atoms with Gasteiger partial charge in [0.15, 0.2) is 0 Å². The first-order chi connectivity index (χ1) is 9.97. The summed E-state index contributed by atoms with van der Waals surface area (Å²) < 4.78 is 0.741. The molecular formula is C14H19ClN2O3S. The summed E-state index contributed by atoms with van der Waals surface area (Å²) in [6.45, 7) is 3.17. The van der Waals surface area contributed by atoms with E-state index in [2.05, 4.69) is 5.32 Å². The number of rotatable bonds is 5. The Morgan fingerprint density at radius 2 is 2.29 bits per heavy atom. The van der Waals surface area contributed by atoms with E-state index in [9.17, 15) is 14.7 Å². The van der Waals surface area contributed by atoms with Gasteiger partial charge in [0.05, 0.1) is 9.75 Å². The molecule has 0 saturated carbocycles. The first-order valence-corrected chi connectivity index (χ1v) is 8.17. The van der Waals surface area contributed by atoms with E-state index in [1.165, 1.54) is 11.3 Å². The smallest absolute Gasteiger partial charge is 0.317 e. The Labute approximate surface area is 132 Å².